The van der Waals surface area contributed by atoms with Crippen molar-refractivity contribution in [3.05, 3.63) is 73.1 Å². The van der Waals surface area contributed by atoms with Crippen LogP contribution in [0.4, 0.5) is 4.39 Å². The van der Waals surface area contributed by atoms with Gasteiger partial charge in [0, 0.05) is 40.8 Å². The number of halogens is 1. The van der Waals surface area contributed by atoms with Crippen molar-refractivity contribution in [3.63, 3.8) is 0 Å². The standard InChI is InChI=1S/C26H23FN4O/c1-3-12-32-19-9-7-17(8-10-19)24-21(27)15-30-26-25(24)20-13-22(18-6-5-11-28-14-18)29-16-23(20)31(26)4-2/h5-11,13-16H,3-4,12H2,1-2H3. The molecule has 0 aliphatic carbocycles. The van der Waals surface area contributed by atoms with Crippen molar-refractivity contribution in [2.75, 3.05) is 6.61 Å². The first-order valence-corrected chi connectivity index (χ1v) is 10.8. The molecule has 6 heteroatoms. The minimum absolute atomic E-state index is 0.352. The van der Waals surface area contributed by atoms with E-state index in [1.807, 2.05) is 48.7 Å². The predicted octanol–water partition coefficient (Wildman–Crippen LogP) is 6.26. The molecule has 0 atom stereocenters. The van der Waals surface area contributed by atoms with Gasteiger partial charge in [0.05, 0.1) is 30.2 Å². The lowest BCUT2D eigenvalue weighted by molar-refractivity contribution is 0.317. The summed E-state index contributed by atoms with van der Waals surface area (Å²) in [5.74, 6) is 0.426. The zero-order chi connectivity index (χ0) is 22.1. The Labute approximate surface area is 185 Å². The second kappa shape index (κ2) is 8.38. The number of nitrogens with zero attached hydrogens (tertiary/aromatic N) is 4. The van der Waals surface area contributed by atoms with Gasteiger partial charge >= 0.3 is 0 Å². The summed E-state index contributed by atoms with van der Waals surface area (Å²) in [6, 6.07) is 13.4. The minimum Gasteiger partial charge on any atom is -0.494 e. The average Bonchev–Trinajstić information content (AvgIpc) is 3.16. The topological polar surface area (TPSA) is 52.8 Å². The zero-order valence-electron chi connectivity index (χ0n) is 18.0. The summed E-state index contributed by atoms with van der Waals surface area (Å²) < 4.78 is 23.0. The molecule has 32 heavy (non-hydrogen) atoms. The van der Waals surface area contributed by atoms with Crippen LogP contribution in [0.25, 0.3) is 44.3 Å². The van der Waals surface area contributed by atoms with Crippen molar-refractivity contribution in [1.82, 2.24) is 19.5 Å². The SMILES string of the molecule is CCCOc1ccc(-c2c(F)cnc3c2c2cc(-c4cccnc4)ncc2n3CC)cc1. The van der Waals surface area contributed by atoms with E-state index in [1.165, 1.54) is 6.20 Å². The van der Waals surface area contributed by atoms with Gasteiger partial charge in [-0.05, 0) is 49.2 Å². The third-order valence-corrected chi connectivity index (χ3v) is 5.60. The maximum atomic E-state index is 15.2. The highest BCUT2D eigenvalue weighted by Crippen LogP contribution is 2.38. The molecule has 0 unspecified atom stereocenters. The highest BCUT2D eigenvalue weighted by Gasteiger charge is 2.20. The number of hydrogen-bond donors (Lipinski definition) is 0. The molecule has 0 N–H and O–H groups in total. The van der Waals surface area contributed by atoms with Crippen molar-refractivity contribution in [2.45, 2.75) is 26.8 Å². The van der Waals surface area contributed by atoms with Gasteiger partial charge < -0.3 is 9.30 Å². The highest BCUT2D eigenvalue weighted by molar-refractivity contribution is 6.14. The first-order chi connectivity index (χ1) is 15.7. The summed E-state index contributed by atoms with van der Waals surface area (Å²) in [5.41, 5.74) is 4.70. The molecular weight excluding hydrogens is 403 g/mol. The van der Waals surface area contributed by atoms with Crippen molar-refractivity contribution in [3.8, 4) is 28.1 Å². The Hall–Kier alpha value is -3.80. The van der Waals surface area contributed by atoms with Crippen LogP contribution < -0.4 is 4.74 Å². The van der Waals surface area contributed by atoms with Crippen molar-refractivity contribution in [1.29, 1.82) is 0 Å². The van der Waals surface area contributed by atoms with Crippen LogP contribution >= 0.6 is 0 Å². The molecule has 0 amide bonds. The van der Waals surface area contributed by atoms with Gasteiger partial charge in [-0.1, -0.05) is 19.1 Å². The molecule has 5 aromatic rings. The van der Waals surface area contributed by atoms with Gasteiger partial charge in [0.25, 0.3) is 0 Å². The van der Waals surface area contributed by atoms with Crippen molar-refractivity contribution in [2.24, 2.45) is 0 Å². The van der Waals surface area contributed by atoms with Gasteiger partial charge in [0.15, 0.2) is 0 Å². The Morgan fingerprint density at radius 1 is 0.969 bits per heavy atom. The van der Waals surface area contributed by atoms with E-state index in [0.29, 0.717) is 18.7 Å². The van der Waals surface area contributed by atoms with Gasteiger partial charge in [-0.25, -0.2) is 9.37 Å². The number of aryl methyl sites for hydroxylation is 1. The molecule has 0 bridgehead atoms. The minimum atomic E-state index is -0.352. The van der Waals surface area contributed by atoms with Crippen molar-refractivity contribution < 1.29 is 9.13 Å². The molecule has 5 rings (SSSR count). The fourth-order valence-corrected chi connectivity index (χ4v) is 4.13. The molecule has 1 aromatic carbocycles. The van der Waals surface area contributed by atoms with Gasteiger partial charge in [-0.3, -0.25) is 9.97 Å². The summed E-state index contributed by atoms with van der Waals surface area (Å²) in [7, 11) is 0. The predicted molar refractivity (Wildman–Crippen MR) is 125 cm³/mol. The molecule has 0 radical (unpaired) electrons. The molecule has 5 nitrogen and oxygen atoms in total. The first kappa shape index (κ1) is 20.1. The fraction of sp³-hybridized carbons (Fsp3) is 0.192. The Morgan fingerprint density at radius 3 is 2.53 bits per heavy atom. The summed E-state index contributed by atoms with van der Waals surface area (Å²) in [5, 5.41) is 1.71. The third kappa shape index (κ3) is 3.38. The van der Waals surface area contributed by atoms with Crippen LogP contribution in [-0.4, -0.2) is 26.1 Å². The second-order valence-electron chi connectivity index (χ2n) is 7.63. The second-order valence-corrected chi connectivity index (χ2v) is 7.63. The molecule has 4 heterocycles. The van der Waals surface area contributed by atoms with Gasteiger partial charge in [-0.15, -0.1) is 0 Å². The number of pyridine rings is 3. The molecule has 0 saturated heterocycles. The van der Waals surface area contributed by atoms with E-state index in [2.05, 4.69) is 33.4 Å². The quantitative estimate of drug-likeness (QED) is 0.321. The number of benzene rings is 1. The summed E-state index contributed by atoms with van der Waals surface area (Å²) in [6.07, 6.45) is 7.59. The Bertz CT molecular complexity index is 1400. The number of fused-ring (bicyclic) bond motifs is 3. The molecule has 160 valence electrons. The van der Waals surface area contributed by atoms with Crippen LogP contribution in [0.3, 0.4) is 0 Å². The lowest BCUT2D eigenvalue weighted by Gasteiger charge is -2.09. The smallest absolute Gasteiger partial charge is 0.150 e. The maximum absolute atomic E-state index is 15.2. The Morgan fingerprint density at radius 2 is 1.81 bits per heavy atom. The van der Waals surface area contributed by atoms with E-state index in [-0.39, 0.29) is 5.82 Å². The Balaban J connectivity index is 1.76. The third-order valence-electron chi connectivity index (χ3n) is 5.60. The van der Waals surface area contributed by atoms with E-state index >= 15 is 4.39 Å². The average molecular weight is 426 g/mol. The lowest BCUT2D eigenvalue weighted by atomic mass is 10.0. The maximum Gasteiger partial charge on any atom is 0.150 e. The van der Waals surface area contributed by atoms with Gasteiger partial charge in [-0.2, -0.15) is 0 Å². The van der Waals surface area contributed by atoms with Crippen LogP contribution in [0.5, 0.6) is 5.75 Å². The largest absolute Gasteiger partial charge is 0.494 e. The van der Waals surface area contributed by atoms with Crippen LogP contribution in [0, 0.1) is 5.82 Å². The highest BCUT2D eigenvalue weighted by atomic mass is 19.1. The first-order valence-electron chi connectivity index (χ1n) is 10.8. The van der Waals surface area contributed by atoms with Crippen LogP contribution in [0.1, 0.15) is 20.3 Å². The van der Waals surface area contributed by atoms with Crippen LogP contribution in [0.15, 0.2) is 67.3 Å². The van der Waals surface area contributed by atoms with E-state index < -0.39 is 0 Å². The van der Waals surface area contributed by atoms with E-state index in [9.17, 15) is 0 Å². The van der Waals surface area contributed by atoms with Crippen LogP contribution in [-0.2, 0) is 6.54 Å². The lowest BCUT2D eigenvalue weighted by Crippen LogP contribution is -1.97. The fourth-order valence-electron chi connectivity index (χ4n) is 4.13. The molecule has 0 fully saturated rings. The molecule has 0 aliphatic rings. The normalized spacial score (nSPS) is 11.3. The van der Waals surface area contributed by atoms with E-state index in [1.54, 1.807) is 12.4 Å². The summed E-state index contributed by atoms with van der Waals surface area (Å²) in [6.45, 7) is 5.48. The zero-order valence-corrected chi connectivity index (χ0v) is 18.0. The van der Waals surface area contributed by atoms with E-state index in [0.717, 1.165) is 50.9 Å². The number of aromatic nitrogens is 4. The summed E-state index contributed by atoms with van der Waals surface area (Å²) >= 11 is 0. The van der Waals surface area contributed by atoms with Crippen LogP contribution in [0.2, 0.25) is 0 Å². The molecule has 0 saturated carbocycles. The molecule has 0 aliphatic heterocycles. The van der Waals surface area contributed by atoms with Gasteiger partial charge in [0.1, 0.15) is 17.2 Å². The molecular formula is C26H23FN4O. The number of ether oxygens (including phenoxy) is 1. The number of hydrogen-bond acceptors (Lipinski definition) is 4. The van der Waals surface area contributed by atoms with Crippen molar-refractivity contribution >= 4 is 21.9 Å². The Kier molecular flexibility index (Phi) is 5.27. The molecule has 4 aromatic heterocycles. The number of rotatable bonds is 6. The van der Waals surface area contributed by atoms with Gasteiger partial charge in [0.2, 0.25) is 0 Å². The molecule has 0 spiro atoms. The summed E-state index contributed by atoms with van der Waals surface area (Å²) in [4.78, 5) is 13.3. The van der Waals surface area contributed by atoms with E-state index in [4.69, 9.17) is 4.74 Å². The monoisotopic (exact) mass is 426 g/mol.